The van der Waals surface area contributed by atoms with Crippen molar-refractivity contribution in [1.82, 2.24) is 10.6 Å². The molecular weight excluding hydrogens is 488 g/mol. The maximum absolute atomic E-state index is 12.9. The number of esters is 1. The highest BCUT2D eigenvalue weighted by Crippen LogP contribution is 2.55. The normalized spacial score (nSPS) is 32.2. The van der Waals surface area contributed by atoms with E-state index >= 15 is 0 Å². The Balaban J connectivity index is 1.12. The Morgan fingerprint density at radius 1 is 1.00 bits per heavy atom. The maximum atomic E-state index is 12.9. The van der Waals surface area contributed by atoms with E-state index in [9.17, 15) is 22.8 Å². The van der Waals surface area contributed by atoms with Gasteiger partial charge in [-0.3, -0.25) is 9.59 Å². The molecule has 0 aromatic heterocycles. The van der Waals surface area contributed by atoms with Crippen LogP contribution in [-0.2, 0) is 24.2 Å². The molecule has 5 aliphatic rings. The van der Waals surface area contributed by atoms with E-state index < -0.39 is 34.4 Å². The van der Waals surface area contributed by atoms with Crippen LogP contribution in [0.15, 0.2) is 29.2 Å². The smallest absolute Gasteiger partial charge is 0.339 e. The van der Waals surface area contributed by atoms with E-state index in [1.165, 1.54) is 31.0 Å². The molecule has 8 nitrogen and oxygen atoms in total. The molecule has 0 radical (unpaired) electrons. The molecule has 2 amide bonds. The molecule has 4 aliphatic carbocycles. The molecule has 0 spiro atoms. The zero-order valence-electron chi connectivity index (χ0n) is 19.7. The lowest BCUT2D eigenvalue weighted by Crippen LogP contribution is -2.60. The topological polar surface area (TPSA) is 119 Å². The van der Waals surface area contributed by atoms with Gasteiger partial charge >= 0.3 is 5.97 Å². The Hall–Kier alpha value is -2.07. The molecule has 4 bridgehead atoms. The van der Waals surface area contributed by atoms with Crippen molar-refractivity contribution < 1.29 is 27.5 Å². The van der Waals surface area contributed by atoms with E-state index in [0.29, 0.717) is 16.9 Å². The molecule has 6 rings (SSSR count). The van der Waals surface area contributed by atoms with Gasteiger partial charge in [0.1, 0.15) is 0 Å². The van der Waals surface area contributed by atoms with Crippen LogP contribution in [0.5, 0.6) is 0 Å². The summed E-state index contributed by atoms with van der Waals surface area (Å²) in [5.41, 5.74) is 0.257. The number of sulfone groups is 1. The van der Waals surface area contributed by atoms with Crippen molar-refractivity contribution in [2.45, 2.75) is 61.4 Å². The van der Waals surface area contributed by atoms with Crippen molar-refractivity contribution >= 4 is 39.4 Å². The molecule has 1 aliphatic heterocycles. The highest BCUT2D eigenvalue weighted by Gasteiger charge is 2.51. The second-order valence-corrected chi connectivity index (χ2v) is 14.0. The van der Waals surface area contributed by atoms with Crippen LogP contribution in [0.25, 0.3) is 0 Å². The van der Waals surface area contributed by atoms with Gasteiger partial charge in [0.05, 0.1) is 22.8 Å². The molecular formula is C25H32N2O6S2. The summed E-state index contributed by atoms with van der Waals surface area (Å²) in [6.07, 6.45) is 7.59. The minimum Gasteiger partial charge on any atom is -0.452 e. The van der Waals surface area contributed by atoms with Crippen LogP contribution in [0.2, 0.25) is 0 Å². The molecule has 35 heavy (non-hydrogen) atoms. The third-order valence-electron chi connectivity index (χ3n) is 7.84. The lowest BCUT2D eigenvalue weighted by Gasteiger charge is -2.56. The van der Waals surface area contributed by atoms with Gasteiger partial charge in [0.25, 0.3) is 5.91 Å². The number of amides is 2. The zero-order chi connectivity index (χ0) is 24.6. The van der Waals surface area contributed by atoms with Gasteiger partial charge in [-0.1, -0.05) is 12.1 Å². The third kappa shape index (κ3) is 5.85. The Bertz CT molecular complexity index is 1080. The summed E-state index contributed by atoms with van der Waals surface area (Å²) in [7, 11) is -3.11. The average Bonchev–Trinajstić information content (AvgIpc) is 3.13. The van der Waals surface area contributed by atoms with Gasteiger partial charge in [0.15, 0.2) is 16.4 Å². The van der Waals surface area contributed by atoms with E-state index in [1.807, 2.05) is 0 Å². The van der Waals surface area contributed by atoms with Gasteiger partial charge < -0.3 is 15.4 Å². The van der Waals surface area contributed by atoms with E-state index in [-0.39, 0.29) is 28.7 Å². The van der Waals surface area contributed by atoms with Crippen molar-refractivity contribution in [3.05, 3.63) is 29.8 Å². The molecule has 1 atom stereocenters. The fourth-order valence-corrected chi connectivity index (χ4v) is 9.40. The van der Waals surface area contributed by atoms with Crippen molar-refractivity contribution in [2.24, 2.45) is 17.8 Å². The summed E-state index contributed by atoms with van der Waals surface area (Å²) in [5.74, 6) is 1.24. The number of hydrogen-bond donors (Lipinski definition) is 2. The summed E-state index contributed by atoms with van der Waals surface area (Å²) in [6.45, 7) is -0.485. The van der Waals surface area contributed by atoms with Crippen molar-refractivity contribution in [3.8, 4) is 0 Å². The second-order valence-electron chi connectivity index (χ2n) is 10.8. The van der Waals surface area contributed by atoms with E-state index in [2.05, 4.69) is 10.6 Å². The van der Waals surface area contributed by atoms with Gasteiger partial charge in [-0.25, -0.2) is 13.2 Å². The molecule has 10 heteroatoms. The first-order chi connectivity index (χ1) is 16.7. The van der Waals surface area contributed by atoms with E-state index in [0.717, 1.165) is 37.0 Å². The summed E-state index contributed by atoms with van der Waals surface area (Å²) < 4.78 is 28.2. The monoisotopic (exact) mass is 520 g/mol. The lowest BCUT2D eigenvalue weighted by molar-refractivity contribution is -0.125. The quantitative estimate of drug-likeness (QED) is 0.399. The minimum absolute atomic E-state index is 0.00832. The molecule has 190 valence electrons. The number of carbonyl (C=O) groups is 3. The predicted molar refractivity (Wildman–Crippen MR) is 132 cm³/mol. The van der Waals surface area contributed by atoms with Crippen molar-refractivity contribution in [1.29, 1.82) is 0 Å². The summed E-state index contributed by atoms with van der Waals surface area (Å²) in [5, 5.41) is 5.96. The standard InChI is InChI=1S/C25H32N2O6S2/c28-22(26-19-5-6-35(31,32)15-19)13-33-24(30)20-3-1-2-4-21(20)34-14-23(29)27-25-10-16-7-17(11-25)9-18(8-16)12-25/h1-4,16-19H,5-15H2,(H,26,28)(H,27,29). The summed E-state index contributed by atoms with van der Waals surface area (Å²) in [6, 6.07) is 6.44. The Morgan fingerprint density at radius 2 is 1.66 bits per heavy atom. The molecule has 1 aromatic carbocycles. The predicted octanol–water partition coefficient (Wildman–Crippen LogP) is 2.32. The van der Waals surface area contributed by atoms with Crippen molar-refractivity contribution in [3.63, 3.8) is 0 Å². The van der Waals surface area contributed by atoms with Crippen LogP contribution in [0.1, 0.15) is 55.3 Å². The Kier molecular flexibility index (Phi) is 6.87. The highest BCUT2D eigenvalue weighted by molar-refractivity contribution is 8.00. The molecule has 1 heterocycles. The number of benzene rings is 1. The first-order valence-electron chi connectivity index (χ1n) is 12.4. The van der Waals surface area contributed by atoms with Crippen molar-refractivity contribution in [2.75, 3.05) is 23.9 Å². The first-order valence-corrected chi connectivity index (χ1v) is 15.2. The first kappa shape index (κ1) is 24.6. The number of hydrogen-bond acceptors (Lipinski definition) is 7. The maximum Gasteiger partial charge on any atom is 0.339 e. The average molecular weight is 521 g/mol. The van der Waals surface area contributed by atoms with E-state index in [4.69, 9.17) is 4.74 Å². The fraction of sp³-hybridized carbons (Fsp3) is 0.640. The lowest BCUT2D eigenvalue weighted by atomic mass is 9.53. The van der Waals surface area contributed by atoms with Gasteiger partial charge in [-0.05, 0) is 74.8 Å². The fourth-order valence-electron chi connectivity index (χ4n) is 6.89. The zero-order valence-corrected chi connectivity index (χ0v) is 21.3. The Morgan fingerprint density at radius 3 is 2.29 bits per heavy atom. The number of nitrogens with one attached hydrogen (secondary N) is 2. The van der Waals surface area contributed by atoms with Gasteiger partial charge in [-0.15, -0.1) is 11.8 Å². The number of carbonyl (C=O) groups excluding carboxylic acids is 3. The second kappa shape index (κ2) is 9.76. The molecule has 4 saturated carbocycles. The molecule has 5 fully saturated rings. The van der Waals surface area contributed by atoms with Crippen LogP contribution >= 0.6 is 11.8 Å². The molecule has 1 aromatic rings. The summed E-state index contributed by atoms with van der Waals surface area (Å²) >= 11 is 1.29. The third-order valence-corrected chi connectivity index (χ3v) is 10.7. The van der Waals surface area contributed by atoms with Crippen LogP contribution in [-0.4, -0.2) is 61.6 Å². The van der Waals surface area contributed by atoms with E-state index in [1.54, 1.807) is 24.3 Å². The van der Waals surface area contributed by atoms with Gasteiger partial charge in [0, 0.05) is 16.5 Å². The minimum atomic E-state index is -3.11. The number of rotatable bonds is 8. The SMILES string of the molecule is O=C(COC(=O)c1ccccc1SCC(=O)NC12CC3CC(CC(C3)C1)C2)NC1CCS(=O)(=O)C1. The number of ether oxygens (including phenoxy) is 1. The largest absolute Gasteiger partial charge is 0.452 e. The van der Waals surface area contributed by atoms with Gasteiger partial charge in [0.2, 0.25) is 5.91 Å². The molecule has 1 saturated heterocycles. The molecule has 2 N–H and O–H groups in total. The van der Waals surface area contributed by atoms with Crippen LogP contribution < -0.4 is 10.6 Å². The highest BCUT2D eigenvalue weighted by atomic mass is 32.2. The Labute approximate surface area is 210 Å². The van der Waals surface area contributed by atoms with Crippen LogP contribution in [0, 0.1) is 17.8 Å². The van der Waals surface area contributed by atoms with Gasteiger partial charge in [-0.2, -0.15) is 0 Å². The number of thioether (sulfide) groups is 1. The molecule has 1 unspecified atom stereocenters. The van der Waals surface area contributed by atoms with Crippen LogP contribution in [0.4, 0.5) is 0 Å². The van der Waals surface area contributed by atoms with Crippen LogP contribution in [0.3, 0.4) is 0 Å². The summed E-state index contributed by atoms with van der Waals surface area (Å²) in [4.78, 5) is 38.2.